The van der Waals surface area contributed by atoms with Gasteiger partial charge in [0.2, 0.25) is 5.91 Å². The molecule has 116 valence electrons. The van der Waals surface area contributed by atoms with Crippen LogP contribution in [0, 0.1) is 5.92 Å². The number of thiazole rings is 1. The van der Waals surface area contributed by atoms with Crippen LogP contribution in [0.4, 0.5) is 0 Å². The minimum absolute atomic E-state index is 0.0449. The Hall–Kier alpha value is -1.72. The summed E-state index contributed by atoms with van der Waals surface area (Å²) in [7, 11) is 0. The number of rotatable bonds is 6. The van der Waals surface area contributed by atoms with Gasteiger partial charge in [0.1, 0.15) is 0 Å². The third-order valence-corrected chi connectivity index (χ3v) is 4.65. The van der Waals surface area contributed by atoms with Crippen molar-refractivity contribution in [2.24, 2.45) is 5.92 Å². The van der Waals surface area contributed by atoms with E-state index >= 15 is 0 Å². The van der Waals surface area contributed by atoms with Gasteiger partial charge in [-0.15, -0.1) is 11.3 Å². The molecule has 0 aliphatic carbocycles. The van der Waals surface area contributed by atoms with Crippen molar-refractivity contribution in [3.8, 4) is 0 Å². The summed E-state index contributed by atoms with van der Waals surface area (Å²) in [6.07, 6.45) is 2.23. The highest BCUT2D eigenvalue weighted by atomic mass is 32.1. The van der Waals surface area contributed by atoms with Crippen LogP contribution in [-0.2, 0) is 22.4 Å². The first-order valence-electron chi connectivity index (χ1n) is 7.61. The minimum Gasteiger partial charge on any atom is -0.381 e. The maximum absolute atomic E-state index is 11.9. The number of ether oxygens (including phenoxy) is 1. The van der Waals surface area contributed by atoms with Crippen LogP contribution in [0.1, 0.15) is 22.7 Å². The van der Waals surface area contributed by atoms with Crippen LogP contribution in [0.3, 0.4) is 0 Å². The molecule has 1 aromatic heterocycles. The van der Waals surface area contributed by atoms with E-state index in [0.717, 1.165) is 36.8 Å². The van der Waals surface area contributed by atoms with E-state index in [0.29, 0.717) is 18.9 Å². The number of hydrogen-bond donors (Lipinski definition) is 1. The second-order valence-corrected chi connectivity index (χ2v) is 6.55. The summed E-state index contributed by atoms with van der Waals surface area (Å²) < 4.78 is 5.31. The van der Waals surface area contributed by atoms with Gasteiger partial charge < -0.3 is 10.1 Å². The first-order chi connectivity index (χ1) is 10.8. The van der Waals surface area contributed by atoms with Gasteiger partial charge in [-0.05, 0) is 12.0 Å². The highest BCUT2D eigenvalue weighted by Gasteiger charge is 2.16. The van der Waals surface area contributed by atoms with Gasteiger partial charge in [-0.1, -0.05) is 30.3 Å². The SMILES string of the molecule is O=C(Cc1csc(Cc2ccccc2)n1)NC[C@H]1CCOC1. The lowest BCUT2D eigenvalue weighted by Gasteiger charge is -2.08. The first-order valence-corrected chi connectivity index (χ1v) is 8.49. The quantitative estimate of drug-likeness (QED) is 0.890. The van der Waals surface area contributed by atoms with Crippen LogP contribution >= 0.6 is 11.3 Å². The molecule has 3 rings (SSSR count). The molecule has 5 heteroatoms. The second-order valence-electron chi connectivity index (χ2n) is 5.61. The van der Waals surface area contributed by atoms with Gasteiger partial charge in [0.15, 0.2) is 0 Å². The van der Waals surface area contributed by atoms with Crippen LogP contribution in [-0.4, -0.2) is 30.6 Å². The van der Waals surface area contributed by atoms with Gasteiger partial charge in [0.05, 0.1) is 23.7 Å². The molecule has 0 radical (unpaired) electrons. The predicted molar refractivity (Wildman–Crippen MR) is 87.0 cm³/mol. The Bertz CT molecular complexity index is 606. The molecule has 0 spiro atoms. The van der Waals surface area contributed by atoms with E-state index in [9.17, 15) is 4.79 Å². The van der Waals surface area contributed by atoms with Gasteiger partial charge in [0, 0.05) is 30.9 Å². The van der Waals surface area contributed by atoms with E-state index in [1.807, 2.05) is 23.6 Å². The van der Waals surface area contributed by atoms with Crippen molar-refractivity contribution in [1.29, 1.82) is 0 Å². The smallest absolute Gasteiger partial charge is 0.226 e. The monoisotopic (exact) mass is 316 g/mol. The van der Waals surface area contributed by atoms with E-state index in [1.165, 1.54) is 5.56 Å². The van der Waals surface area contributed by atoms with Gasteiger partial charge in [-0.25, -0.2) is 4.98 Å². The summed E-state index contributed by atoms with van der Waals surface area (Å²) >= 11 is 1.62. The fourth-order valence-corrected chi connectivity index (χ4v) is 3.34. The fraction of sp³-hybridized carbons (Fsp3) is 0.412. The molecule has 1 N–H and O–H groups in total. The number of carbonyl (C=O) groups is 1. The van der Waals surface area contributed by atoms with Crippen LogP contribution in [0.25, 0.3) is 0 Å². The summed E-state index contributed by atoms with van der Waals surface area (Å²) in [6.45, 7) is 2.29. The van der Waals surface area contributed by atoms with Crippen molar-refractivity contribution in [3.05, 3.63) is 52.0 Å². The third-order valence-electron chi connectivity index (χ3n) is 3.75. The summed E-state index contributed by atoms with van der Waals surface area (Å²) in [5.74, 6) is 0.511. The minimum atomic E-state index is 0.0449. The molecule has 1 atom stereocenters. The standard InChI is InChI=1S/C17H20N2O2S/c20-16(18-10-14-6-7-21-11-14)9-15-12-22-17(19-15)8-13-4-2-1-3-5-13/h1-5,12,14H,6-11H2,(H,18,20)/t14-/m1/s1. The zero-order valence-electron chi connectivity index (χ0n) is 12.5. The predicted octanol–water partition coefficient (Wildman–Crippen LogP) is 2.43. The Kier molecular flexibility index (Phi) is 5.19. The second kappa shape index (κ2) is 7.51. The molecule has 1 fully saturated rings. The van der Waals surface area contributed by atoms with Crippen molar-refractivity contribution >= 4 is 17.2 Å². The molecular formula is C17H20N2O2S. The van der Waals surface area contributed by atoms with Crippen LogP contribution in [0.5, 0.6) is 0 Å². The number of amides is 1. The average Bonchev–Trinajstić information content (AvgIpc) is 3.18. The maximum atomic E-state index is 11.9. The zero-order chi connectivity index (χ0) is 15.2. The lowest BCUT2D eigenvalue weighted by Crippen LogP contribution is -2.30. The normalized spacial score (nSPS) is 17.5. The van der Waals surface area contributed by atoms with E-state index < -0.39 is 0 Å². The average molecular weight is 316 g/mol. The van der Waals surface area contributed by atoms with Crippen LogP contribution in [0.15, 0.2) is 35.7 Å². The molecule has 4 nitrogen and oxygen atoms in total. The number of nitrogens with zero attached hydrogens (tertiary/aromatic N) is 1. The molecule has 1 aromatic carbocycles. The molecule has 22 heavy (non-hydrogen) atoms. The molecule has 0 saturated carbocycles. The Morgan fingerprint density at radius 1 is 1.36 bits per heavy atom. The Balaban J connectivity index is 1.47. The Morgan fingerprint density at radius 2 is 2.23 bits per heavy atom. The molecule has 1 amide bonds. The highest BCUT2D eigenvalue weighted by molar-refractivity contribution is 7.09. The maximum Gasteiger partial charge on any atom is 0.226 e. The molecule has 2 aromatic rings. The van der Waals surface area contributed by atoms with Crippen molar-refractivity contribution in [2.75, 3.05) is 19.8 Å². The lowest BCUT2D eigenvalue weighted by atomic mass is 10.1. The molecule has 0 unspecified atom stereocenters. The number of carbonyl (C=O) groups excluding carboxylic acids is 1. The van der Waals surface area contributed by atoms with Crippen LogP contribution in [0.2, 0.25) is 0 Å². The van der Waals surface area contributed by atoms with Crippen molar-refractivity contribution in [1.82, 2.24) is 10.3 Å². The van der Waals surface area contributed by atoms with Gasteiger partial charge in [-0.3, -0.25) is 4.79 Å². The van der Waals surface area contributed by atoms with Crippen LogP contribution < -0.4 is 5.32 Å². The van der Waals surface area contributed by atoms with E-state index in [4.69, 9.17) is 4.74 Å². The van der Waals surface area contributed by atoms with Crippen molar-refractivity contribution in [3.63, 3.8) is 0 Å². The Labute approximate surface area is 134 Å². The number of aromatic nitrogens is 1. The first kappa shape index (κ1) is 15.2. The Morgan fingerprint density at radius 3 is 3.00 bits per heavy atom. The summed E-state index contributed by atoms with van der Waals surface area (Å²) in [6, 6.07) is 10.3. The molecule has 0 bridgehead atoms. The number of benzene rings is 1. The highest BCUT2D eigenvalue weighted by Crippen LogP contribution is 2.15. The van der Waals surface area contributed by atoms with E-state index in [-0.39, 0.29) is 5.91 Å². The van der Waals surface area contributed by atoms with E-state index in [2.05, 4.69) is 22.4 Å². The molecule has 1 aliphatic rings. The fourth-order valence-electron chi connectivity index (χ4n) is 2.51. The molecule has 1 saturated heterocycles. The number of nitrogens with one attached hydrogen (secondary N) is 1. The molecule has 2 heterocycles. The third kappa shape index (κ3) is 4.39. The molecule has 1 aliphatic heterocycles. The summed E-state index contributed by atoms with van der Waals surface area (Å²) in [4.78, 5) is 16.5. The summed E-state index contributed by atoms with van der Waals surface area (Å²) in [5, 5.41) is 6.01. The van der Waals surface area contributed by atoms with Crippen molar-refractivity contribution in [2.45, 2.75) is 19.3 Å². The van der Waals surface area contributed by atoms with E-state index in [1.54, 1.807) is 11.3 Å². The zero-order valence-corrected chi connectivity index (χ0v) is 13.3. The van der Waals surface area contributed by atoms with Gasteiger partial charge in [0.25, 0.3) is 0 Å². The largest absolute Gasteiger partial charge is 0.381 e. The van der Waals surface area contributed by atoms with Gasteiger partial charge in [-0.2, -0.15) is 0 Å². The molecular weight excluding hydrogens is 296 g/mol. The summed E-state index contributed by atoms with van der Waals surface area (Å²) in [5.41, 5.74) is 2.10. The lowest BCUT2D eigenvalue weighted by molar-refractivity contribution is -0.120. The van der Waals surface area contributed by atoms with Gasteiger partial charge >= 0.3 is 0 Å². The van der Waals surface area contributed by atoms with Crippen molar-refractivity contribution < 1.29 is 9.53 Å². The number of hydrogen-bond acceptors (Lipinski definition) is 4. The topological polar surface area (TPSA) is 51.2 Å².